The van der Waals surface area contributed by atoms with Crippen molar-refractivity contribution < 1.29 is 14.3 Å². The van der Waals surface area contributed by atoms with Gasteiger partial charge in [-0.1, -0.05) is 6.07 Å². The molecule has 2 aromatic rings. The van der Waals surface area contributed by atoms with Crippen molar-refractivity contribution in [2.75, 3.05) is 51.0 Å². The zero-order valence-corrected chi connectivity index (χ0v) is 20.6. The van der Waals surface area contributed by atoms with Crippen molar-refractivity contribution >= 4 is 46.3 Å². The van der Waals surface area contributed by atoms with Gasteiger partial charge in [0.25, 0.3) is 11.5 Å². The van der Waals surface area contributed by atoms with Gasteiger partial charge in [0.2, 0.25) is 5.91 Å². The summed E-state index contributed by atoms with van der Waals surface area (Å²) in [7, 11) is 3.43. The molecule has 0 aliphatic carbocycles. The summed E-state index contributed by atoms with van der Waals surface area (Å²) in [5.41, 5.74) is 0.623. The van der Waals surface area contributed by atoms with Gasteiger partial charge in [0.05, 0.1) is 19.2 Å². The predicted octanol–water partition coefficient (Wildman–Crippen LogP) is -0.389. The van der Waals surface area contributed by atoms with Crippen LogP contribution >= 0.6 is 11.3 Å². The number of carbonyl (C=O) groups is 2. The highest BCUT2D eigenvalue weighted by atomic mass is 32.1. The topological polar surface area (TPSA) is 152 Å². The zero-order valence-electron chi connectivity index (χ0n) is 19.8. The third-order valence-corrected chi connectivity index (χ3v) is 5.84. The number of thiazole rings is 1. The number of anilines is 2. The predicted molar refractivity (Wildman–Crippen MR) is 134 cm³/mol. The Kier molecular flexibility index (Phi) is 10.7. The normalized spacial score (nSPS) is 12.0. The molecule has 0 spiro atoms. The molecule has 0 aliphatic heterocycles. The van der Waals surface area contributed by atoms with Crippen LogP contribution in [0.25, 0.3) is 11.8 Å². The van der Waals surface area contributed by atoms with E-state index in [2.05, 4.69) is 16.0 Å². The summed E-state index contributed by atoms with van der Waals surface area (Å²) in [4.78, 5) is 39.2. The van der Waals surface area contributed by atoms with Gasteiger partial charge < -0.3 is 20.7 Å². The summed E-state index contributed by atoms with van der Waals surface area (Å²) in [6.45, 7) is 3.11. The molecule has 0 aliphatic rings. The van der Waals surface area contributed by atoms with E-state index in [1.165, 1.54) is 10.8 Å². The number of carbonyl (C=O) groups excluding carboxylic acids is 2. The average molecular weight is 498 g/mol. The summed E-state index contributed by atoms with van der Waals surface area (Å²) in [5, 5.41) is 26.3. The fourth-order valence-electron chi connectivity index (χ4n) is 3.00. The molecule has 11 nitrogen and oxygen atoms in total. The largest absolute Gasteiger partial charge is 0.383 e. The minimum absolute atomic E-state index is 0.173. The number of likely N-dealkylation sites (N-methyl/N-ethyl adjacent to an activating group) is 1. The Hall–Kier alpha value is -3.97. The highest BCUT2D eigenvalue weighted by Gasteiger charge is 2.15. The van der Waals surface area contributed by atoms with Gasteiger partial charge in [-0.2, -0.15) is 10.5 Å². The average Bonchev–Trinajstić information content (AvgIpc) is 3.15. The second kappa shape index (κ2) is 13.7. The van der Waals surface area contributed by atoms with Crippen LogP contribution in [0.5, 0.6) is 0 Å². The smallest absolute Gasteiger partial charge is 0.270 e. The highest BCUT2D eigenvalue weighted by molar-refractivity contribution is 7.07. The molecule has 0 fully saturated rings. The van der Waals surface area contributed by atoms with Gasteiger partial charge in [-0.25, -0.2) is 0 Å². The fraction of sp³-hybridized carbons (Fsp3) is 0.348. The Morgan fingerprint density at radius 2 is 2.03 bits per heavy atom. The van der Waals surface area contributed by atoms with Crippen molar-refractivity contribution in [2.24, 2.45) is 0 Å². The number of ether oxygens (including phenoxy) is 1. The van der Waals surface area contributed by atoms with Crippen LogP contribution < -0.4 is 30.7 Å². The van der Waals surface area contributed by atoms with Gasteiger partial charge in [0.15, 0.2) is 5.57 Å². The Morgan fingerprint density at radius 3 is 2.69 bits per heavy atom. The first-order chi connectivity index (χ1) is 16.8. The van der Waals surface area contributed by atoms with E-state index in [0.29, 0.717) is 24.5 Å². The SMILES string of the molecule is CCn1c(=O)/c(=C\Nc2cccc(NC(=O)CN(C)CCOC)c2)s/c1=C(/C#N)C(=O)NCC#N. The van der Waals surface area contributed by atoms with E-state index >= 15 is 0 Å². The lowest BCUT2D eigenvalue weighted by atomic mass is 10.2. The van der Waals surface area contributed by atoms with Crippen molar-refractivity contribution in [2.45, 2.75) is 13.5 Å². The summed E-state index contributed by atoms with van der Waals surface area (Å²) < 4.78 is 6.84. The van der Waals surface area contributed by atoms with Crippen molar-refractivity contribution in [3.8, 4) is 12.1 Å². The summed E-state index contributed by atoms with van der Waals surface area (Å²) >= 11 is 0.996. The zero-order chi connectivity index (χ0) is 25.8. The van der Waals surface area contributed by atoms with Gasteiger partial charge in [-0.05, 0) is 32.2 Å². The lowest BCUT2D eigenvalue weighted by Gasteiger charge is -2.15. The molecule has 2 rings (SSSR count). The number of aromatic nitrogens is 1. The first-order valence-corrected chi connectivity index (χ1v) is 11.5. The number of hydrogen-bond acceptors (Lipinski definition) is 9. The first kappa shape index (κ1) is 27.3. The second-order valence-electron chi connectivity index (χ2n) is 7.30. The minimum atomic E-state index is -0.715. The quantitative estimate of drug-likeness (QED) is 0.355. The number of nitriles is 2. The number of nitrogens with zero attached hydrogens (tertiary/aromatic N) is 4. The molecule has 0 unspecified atom stereocenters. The number of amides is 2. The van der Waals surface area contributed by atoms with Crippen LogP contribution in [0.1, 0.15) is 6.92 Å². The van der Waals surface area contributed by atoms with Gasteiger partial charge >= 0.3 is 0 Å². The standard InChI is InChI=1S/C23H27N7O4S/c1-4-30-22(33)19(35-23(30)18(13-25)21(32)26-9-8-24)14-27-16-6-5-7-17(12-16)28-20(31)15-29(2)10-11-34-3/h5-7,12,14,27H,4,9-11,15H2,1-3H3,(H,26,32)(H,28,31)/b19-14+,23-18-. The van der Waals surface area contributed by atoms with Crippen LogP contribution in [0, 0.1) is 22.7 Å². The Labute approximate surface area is 206 Å². The second-order valence-corrected chi connectivity index (χ2v) is 8.33. The number of hydrogen-bond donors (Lipinski definition) is 3. The fourth-order valence-corrected chi connectivity index (χ4v) is 4.09. The molecular formula is C23H27N7O4S. The number of nitrogens with one attached hydrogen (secondary N) is 3. The Balaban J connectivity index is 2.26. The van der Waals surface area contributed by atoms with E-state index in [1.807, 2.05) is 18.0 Å². The van der Waals surface area contributed by atoms with Crippen molar-refractivity contribution in [1.82, 2.24) is 14.8 Å². The molecule has 0 radical (unpaired) electrons. The van der Waals surface area contributed by atoms with Crippen molar-refractivity contribution in [1.29, 1.82) is 10.5 Å². The lowest BCUT2D eigenvalue weighted by molar-refractivity contribution is -0.117. The molecule has 0 saturated carbocycles. The number of rotatable bonds is 11. The van der Waals surface area contributed by atoms with E-state index in [0.717, 1.165) is 11.3 Å². The lowest BCUT2D eigenvalue weighted by Crippen LogP contribution is -2.34. The maximum absolute atomic E-state index is 12.8. The van der Waals surface area contributed by atoms with E-state index in [-0.39, 0.29) is 45.9 Å². The molecule has 184 valence electrons. The molecule has 0 saturated heterocycles. The van der Waals surface area contributed by atoms with Crippen molar-refractivity contribution in [3.05, 3.63) is 43.8 Å². The molecule has 1 heterocycles. The third kappa shape index (κ3) is 7.79. The number of methoxy groups -OCH3 is 1. The third-order valence-electron chi connectivity index (χ3n) is 4.71. The molecule has 0 bridgehead atoms. The van der Waals surface area contributed by atoms with E-state index in [4.69, 9.17) is 10.00 Å². The number of benzene rings is 1. The van der Waals surface area contributed by atoms with Crippen LogP contribution in [-0.4, -0.2) is 61.7 Å². The molecule has 2 amide bonds. The van der Waals surface area contributed by atoms with E-state index in [1.54, 1.807) is 44.4 Å². The minimum Gasteiger partial charge on any atom is -0.383 e. The Bertz CT molecular complexity index is 1320. The van der Waals surface area contributed by atoms with Crippen molar-refractivity contribution in [3.63, 3.8) is 0 Å². The monoisotopic (exact) mass is 497 g/mol. The maximum atomic E-state index is 12.8. The van der Waals surface area contributed by atoms with Crippen LogP contribution in [0.2, 0.25) is 0 Å². The van der Waals surface area contributed by atoms with E-state index in [9.17, 15) is 19.6 Å². The van der Waals surface area contributed by atoms with Crippen LogP contribution in [-0.2, 0) is 20.9 Å². The Morgan fingerprint density at radius 1 is 1.29 bits per heavy atom. The van der Waals surface area contributed by atoms with Crippen LogP contribution in [0.4, 0.5) is 11.4 Å². The highest BCUT2D eigenvalue weighted by Crippen LogP contribution is 2.15. The van der Waals surface area contributed by atoms with Crippen LogP contribution in [0.15, 0.2) is 29.1 Å². The van der Waals surface area contributed by atoms with Gasteiger partial charge in [-0.3, -0.25) is 23.9 Å². The molecule has 0 atom stereocenters. The molecule has 1 aromatic carbocycles. The van der Waals surface area contributed by atoms with Crippen LogP contribution in [0.3, 0.4) is 0 Å². The first-order valence-electron chi connectivity index (χ1n) is 10.7. The van der Waals surface area contributed by atoms with Gasteiger partial charge in [-0.15, -0.1) is 11.3 Å². The molecule has 35 heavy (non-hydrogen) atoms. The van der Waals surface area contributed by atoms with Gasteiger partial charge in [0.1, 0.15) is 21.8 Å². The summed E-state index contributed by atoms with van der Waals surface area (Å²) in [5.74, 6) is -0.888. The maximum Gasteiger partial charge on any atom is 0.270 e. The molecule has 1 aromatic heterocycles. The molecular weight excluding hydrogens is 470 g/mol. The van der Waals surface area contributed by atoms with E-state index < -0.39 is 5.91 Å². The molecule has 12 heteroatoms. The molecule has 3 N–H and O–H groups in total. The summed E-state index contributed by atoms with van der Waals surface area (Å²) in [6, 6.07) is 10.6. The summed E-state index contributed by atoms with van der Waals surface area (Å²) in [6.07, 6.45) is 1.49. The van der Waals surface area contributed by atoms with Gasteiger partial charge in [0, 0.05) is 37.8 Å².